The maximum atomic E-state index is 5.75. The smallest absolute Gasteiger partial charge is 0.191 e. The number of methoxy groups -OCH3 is 1. The number of aliphatic imine (C=N–C) groups is 1. The molecule has 0 bridgehead atoms. The number of benzene rings is 1. The highest BCUT2D eigenvalue weighted by atomic mass is 16.5. The zero-order chi connectivity index (χ0) is 19.0. The number of nitrogens with zero attached hydrogens (tertiary/aromatic N) is 1. The van der Waals surface area contributed by atoms with Crippen molar-refractivity contribution in [3.63, 3.8) is 0 Å². The fraction of sp³-hybridized carbons (Fsp3) is 0.667. The Morgan fingerprint density at radius 2 is 2.15 bits per heavy atom. The van der Waals surface area contributed by atoms with Crippen LogP contribution in [0.2, 0.25) is 0 Å². The molecule has 2 fully saturated rings. The molecule has 1 atom stereocenters. The van der Waals surface area contributed by atoms with E-state index < -0.39 is 0 Å². The first-order valence-electron chi connectivity index (χ1n) is 10.0. The zero-order valence-corrected chi connectivity index (χ0v) is 16.6. The van der Waals surface area contributed by atoms with E-state index in [0.717, 1.165) is 64.1 Å². The lowest BCUT2D eigenvalue weighted by Gasteiger charge is -2.21. The first-order chi connectivity index (χ1) is 13.3. The molecule has 1 saturated heterocycles. The number of hydrogen-bond acceptors (Lipinski definition) is 4. The Hall–Kier alpha value is -1.79. The van der Waals surface area contributed by atoms with Crippen LogP contribution in [0.1, 0.15) is 31.2 Å². The molecule has 1 heterocycles. The molecule has 6 nitrogen and oxygen atoms in total. The second kappa shape index (κ2) is 9.95. The summed E-state index contributed by atoms with van der Waals surface area (Å²) < 4.78 is 16.7. The highest BCUT2D eigenvalue weighted by Gasteiger charge is 2.46. The summed E-state index contributed by atoms with van der Waals surface area (Å²) in [5.74, 6) is 2.40. The van der Waals surface area contributed by atoms with Crippen LogP contribution >= 0.6 is 0 Å². The second-order valence-corrected chi connectivity index (χ2v) is 7.49. The van der Waals surface area contributed by atoms with Crippen LogP contribution in [0, 0.1) is 5.92 Å². The molecule has 0 radical (unpaired) electrons. The molecule has 2 aliphatic rings. The molecule has 150 valence electrons. The van der Waals surface area contributed by atoms with Gasteiger partial charge in [-0.1, -0.05) is 18.2 Å². The minimum atomic E-state index is 0.163. The van der Waals surface area contributed by atoms with Crippen LogP contribution in [0.25, 0.3) is 0 Å². The number of rotatable bonds is 10. The van der Waals surface area contributed by atoms with E-state index in [1.807, 2.05) is 19.2 Å². The molecule has 0 aromatic heterocycles. The summed E-state index contributed by atoms with van der Waals surface area (Å²) in [4.78, 5) is 4.34. The van der Waals surface area contributed by atoms with E-state index in [-0.39, 0.29) is 5.41 Å². The van der Waals surface area contributed by atoms with Gasteiger partial charge in [-0.25, -0.2) is 0 Å². The molecule has 0 amide bonds. The average molecular weight is 376 g/mol. The monoisotopic (exact) mass is 375 g/mol. The minimum Gasteiger partial charge on any atom is -0.496 e. The van der Waals surface area contributed by atoms with Gasteiger partial charge in [0.15, 0.2) is 5.96 Å². The van der Waals surface area contributed by atoms with Gasteiger partial charge in [-0.2, -0.15) is 0 Å². The predicted octanol–water partition coefficient (Wildman–Crippen LogP) is 2.34. The van der Waals surface area contributed by atoms with E-state index in [1.165, 1.54) is 18.4 Å². The summed E-state index contributed by atoms with van der Waals surface area (Å²) in [6.45, 7) is 5.03. The molecule has 0 spiro atoms. The van der Waals surface area contributed by atoms with Gasteiger partial charge in [0.05, 0.1) is 20.3 Å². The topological polar surface area (TPSA) is 64.1 Å². The lowest BCUT2D eigenvalue weighted by molar-refractivity contribution is 0.0888. The van der Waals surface area contributed by atoms with Crippen LogP contribution in [0.3, 0.4) is 0 Å². The van der Waals surface area contributed by atoms with Gasteiger partial charge in [0.2, 0.25) is 0 Å². The van der Waals surface area contributed by atoms with Crippen molar-refractivity contribution in [2.24, 2.45) is 10.9 Å². The van der Waals surface area contributed by atoms with E-state index in [0.29, 0.717) is 5.92 Å². The van der Waals surface area contributed by atoms with E-state index in [1.54, 1.807) is 7.11 Å². The maximum absolute atomic E-state index is 5.75. The second-order valence-electron chi connectivity index (χ2n) is 7.49. The van der Waals surface area contributed by atoms with Crippen LogP contribution in [0.15, 0.2) is 29.3 Å². The minimum absolute atomic E-state index is 0.163. The first-order valence-corrected chi connectivity index (χ1v) is 10.0. The molecule has 1 aliphatic carbocycles. The van der Waals surface area contributed by atoms with Crippen LogP contribution in [0.5, 0.6) is 5.75 Å². The van der Waals surface area contributed by atoms with Crippen molar-refractivity contribution in [2.75, 3.05) is 53.7 Å². The third-order valence-corrected chi connectivity index (χ3v) is 5.49. The van der Waals surface area contributed by atoms with Gasteiger partial charge in [0.25, 0.3) is 0 Å². The molecule has 1 saturated carbocycles. The SMILES string of the molecule is CN=C(NCCCOCC1CCOC1)NCC1(c2ccccc2OC)CC1. The van der Waals surface area contributed by atoms with Gasteiger partial charge >= 0.3 is 0 Å². The molecule has 1 aliphatic heterocycles. The predicted molar refractivity (Wildman–Crippen MR) is 108 cm³/mol. The largest absolute Gasteiger partial charge is 0.496 e. The van der Waals surface area contributed by atoms with Gasteiger partial charge in [0.1, 0.15) is 5.75 Å². The van der Waals surface area contributed by atoms with E-state index >= 15 is 0 Å². The summed E-state index contributed by atoms with van der Waals surface area (Å²) >= 11 is 0. The Morgan fingerprint density at radius 3 is 2.85 bits per heavy atom. The first kappa shape index (κ1) is 20.0. The number of nitrogens with one attached hydrogen (secondary N) is 2. The van der Waals surface area contributed by atoms with Crippen LogP contribution in [-0.4, -0.2) is 59.6 Å². The Balaban J connectivity index is 1.35. The fourth-order valence-corrected chi connectivity index (χ4v) is 3.59. The summed E-state index contributed by atoms with van der Waals surface area (Å²) in [7, 11) is 3.55. The fourth-order valence-electron chi connectivity index (χ4n) is 3.59. The average Bonchev–Trinajstić information content (AvgIpc) is 3.32. The lowest BCUT2D eigenvalue weighted by atomic mass is 9.95. The van der Waals surface area contributed by atoms with E-state index in [2.05, 4.69) is 27.8 Å². The van der Waals surface area contributed by atoms with Gasteiger partial charge in [-0.3, -0.25) is 4.99 Å². The standard InChI is InChI=1S/C21H33N3O3/c1-22-20(23-11-5-12-26-14-17-8-13-27-15-17)24-16-21(9-10-21)18-6-3-4-7-19(18)25-2/h3-4,6-7,17H,5,8-16H2,1-2H3,(H2,22,23,24). The normalized spacial score (nSPS) is 21.1. The van der Waals surface area contributed by atoms with Gasteiger partial charge < -0.3 is 24.8 Å². The zero-order valence-electron chi connectivity index (χ0n) is 16.6. The number of ether oxygens (including phenoxy) is 3. The van der Waals surface area contributed by atoms with Crippen LogP contribution in [0.4, 0.5) is 0 Å². The Labute approximate surface area is 162 Å². The molecular formula is C21H33N3O3. The lowest BCUT2D eigenvalue weighted by Crippen LogP contribution is -2.41. The van der Waals surface area contributed by atoms with Crippen molar-refractivity contribution in [3.05, 3.63) is 29.8 Å². The summed E-state index contributed by atoms with van der Waals surface area (Å²) in [5.41, 5.74) is 1.45. The van der Waals surface area contributed by atoms with Crippen LogP contribution < -0.4 is 15.4 Å². The van der Waals surface area contributed by atoms with Crippen molar-refractivity contribution in [2.45, 2.75) is 31.1 Å². The molecule has 6 heteroatoms. The molecule has 2 N–H and O–H groups in total. The van der Waals surface area contributed by atoms with E-state index in [9.17, 15) is 0 Å². The van der Waals surface area contributed by atoms with Crippen molar-refractivity contribution in [3.8, 4) is 5.75 Å². The Bertz CT molecular complexity index is 610. The highest BCUT2D eigenvalue weighted by molar-refractivity contribution is 5.79. The van der Waals surface area contributed by atoms with Gasteiger partial charge in [-0.15, -0.1) is 0 Å². The van der Waals surface area contributed by atoms with Crippen molar-refractivity contribution >= 4 is 5.96 Å². The van der Waals surface area contributed by atoms with E-state index in [4.69, 9.17) is 14.2 Å². The maximum Gasteiger partial charge on any atom is 0.191 e. The summed E-state index contributed by atoms with van der Waals surface area (Å²) in [6, 6.07) is 8.33. The number of guanidine groups is 1. The molecule has 27 heavy (non-hydrogen) atoms. The number of hydrogen-bond donors (Lipinski definition) is 2. The third-order valence-electron chi connectivity index (χ3n) is 5.49. The van der Waals surface area contributed by atoms with Crippen molar-refractivity contribution in [1.29, 1.82) is 0 Å². The Morgan fingerprint density at radius 1 is 1.30 bits per heavy atom. The van der Waals surface area contributed by atoms with Crippen molar-refractivity contribution in [1.82, 2.24) is 10.6 Å². The third kappa shape index (κ3) is 5.59. The van der Waals surface area contributed by atoms with Gasteiger partial charge in [-0.05, 0) is 31.7 Å². The molecule has 3 rings (SSSR count). The molecular weight excluding hydrogens is 342 g/mol. The van der Waals surface area contributed by atoms with Crippen LogP contribution in [-0.2, 0) is 14.9 Å². The molecule has 1 aromatic rings. The molecule has 1 unspecified atom stereocenters. The van der Waals surface area contributed by atoms with Gasteiger partial charge in [0, 0.05) is 50.2 Å². The van der Waals surface area contributed by atoms with Crippen molar-refractivity contribution < 1.29 is 14.2 Å². The Kier molecular flexibility index (Phi) is 7.35. The number of para-hydroxylation sites is 1. The molecule has 1 aromatic carbocycles. The summed E-state index contributed by atoms with van der Waals surface area (Å²) in [5, 5.41) is 6.86. The quantitative estimate of drug-likeness (QED) is 0.373. The highest BCUT2D eigenvalue weighted by Crippen LogP contribution is 2.50. The summed E-state index contributed by atoms with van der Waals surface area (Å²) in [6.07, 6.45) is 4.45.